The average Bonchev–Trinajstić information content (AvgIpc) is 3.05. The number of nitrogens with zero attached hydrogens (tertiary/aromatic N) is 5. The summed E-state index contributed by atoms with van der Waals surface area (Å²) in [6.45, 7) is 0. The lowest BCUT2D eigenvalue weighted by Crippen LogP contribution is -2.09. The number of sulfone groups is 1. The number of benzene rings is 1. The fraction of sp³-hybridized carbons (Fsp3) is 0.273. The van der Waals surface area contributed by atoms with Crippen molar-refractivity contribution < 1.29 is 8.42 Å². The van der Waals surface area contributed by atoms with Gasteiger partial charge in [0.25, 0.3) is 0 Å². The number of hydrogen-bond acceptors (Lipinski definition) is 8. The molecule has 2 heterocycles. The molecule has 0 spiro atoms. The molecule has 0 saturated carbocycles. The van der Waals surface area contributed by atoms with E-state index in [1.807, 2.05) is 24.3 Å². The Bertz CT molecular complexity index is 838. The fourth-order valence-electron chi connectivity index (χ4n) is 1.66. The van der Waals surface area contributed by atoms with E-state index in [2.05, 4.69) is 20.5 Å². The van der Waals surface area contributed by atoms with Crippen LogP contribution in [0.2, 0.25) is 0 Å². The van der Waals surface area contributed by atoms with Crippen molar-refractivity contribution in [1.82, 2.24) is 25.2 Å². The number of thiazole rings is 1. The SMILES string of the molecule is Cn1nnnc1SCCS(=O)(=O)c1nc2ccccc2s1. The number of rotatable bonds is 5. The van der Waals surface area contributed by atoms with Gasteiger partial charge in [0.1, 0.15) is 0 Å². The lowest BCUT2D eigenvalue weighted by Gasteiger charge is -2.00. The zero-order chi connectivity index (χ0) is 14.9. The Balaban J connectivity index is 1.73. The van der Waals surface area contributed by atoms with Gasteiger partial charge in [0.15, 0.2) is 0 Å². The van der Waals surface area contributed by atoms with E-state index in [0.29, 0.717) is 16.4 Å². The first-order chi connectivity index (χ1) is 10.1. The Hall–Kier alpha value is -1.52. The van der Waals surface area contributed by atoms with Crippen molar-refractivity contribution in [3.05, 3.63) is 24.3 Å². The molecule has 21 heavy (non-hydrogen) atoms. The maximum atomic E-state index is 12.3. The number of aromatic nitrogens is 5. The van der Waals surface area contributed by atoms with Gasteiger partial charge in [-0.1, -0.05) is 23.9 Å². The number of aryl methyl sites for hydroxylation is 1. The van der Waals surface area contributed by atoms with E-state index in [0.717, 1.165) is 4.70 Å². The Morgan fingerprint density at radius 1 is 1.33 bits per heavy atom. The van der Waals surface area contributed by atoms with Crippen molar-refractivity contribution in [3.63, 3.8) is 0 Å². The third-order valence-corrected chi connectivity index (χ3v) is 7.18. The topological polar surface area (TPSA) is 90.6 Å². The van der Waals surface area contributed by atoms with Crippen molar-refractivity contribution in [2.45, 2.75) is 9.50 Å². The van der Waals surface area contributed by atoms with Crippen LogP contribution in [0.1, 0.15) is 0 Å². The molecule has 0 bridgehead atoms. The molecule has 1 aromatic carbocycles. The number of fused-ring (bicyclic) bond motifs is 1. The molecule has 0 atom stereocenters. The summed E-state index contributed by atoms with van der Waals surface area (Å²) in [4.78, 5) is 4.19. The molecule has 3 aromatic rings. The second-order valence-electron chi connectivity index (χ2n) is 4.20. The molecule has 0 amide bonds. The molecule has 0 radical (unpaired) electrons. The Kier molecular flexibility index (Phi) is 3.91. The number of tetrazole rings is 1. The molecule has 0 aliphatic heterocycles. The van der Waals surface area contributed by atoms with Gasteiger partial charge in [0.2, 0.25) is 19.3 Å². The van der Waals surface area contributed by atoms with E-state index >= 15 is 0 Å². The maximum Gasteiger partial charge on any atom is 0.210 e. The Morgan fingerprint density at radius 3 is 2.86 bits per heavy atom. The van der Waals surface area contributed by atoms with E-state index < -0.39 is 9.84 Å². The van der Waals surface area contributed by atoms with E-state index in [1.165, 1.54) is 27.8 Å². The third kappa shape index (κ3) is 3.06. The normalized spacial score (nSPS) is 12.0. The first kappa shape index (κ1) is 14.4. The summed E-state index contributed by atoms with van der Waals surface area (Å²) in [7, 11) is -1.67. The minimum absolute atomic E-state index is 0.00431. The summed E-state index contributed by atoms with van der Waals surface area (Å²) in [5.74, 6) is 0.386. The highest BCUT2D eigenvalue weighted by molar-refractivity contribution is 8.00. The number of hydrogen-bond donors (Lipinski definition) is 0. The average molecular weight is 341 g/mol. The highest BCUT2D eigenvalue weighted by atomic mass is 32.2. The predicted octanol–water partition coefficient (Wildman–Crippen LogP) is 1.39. The molecule has 10 heteroatoms. The van der Waals surface area contributed by atoms with Crippen LogP contribution in [0, 0.1) is 0 Å². The standard InChI is InChI=1S/C11H11N5O2S3/c1-16-10(13-14-15-16)19-6-7-21(17,18)11-12-8-4-2-3-5-9(8)20-11/h2-5H,6-7H2,1H3. The van der Waals surface area contributed by atoms with Crippen LogP contribution in [-0.4, -0.2) is 45.1 Å². The third-order valence-electron chi connectivity index (χ3n) is 2.70. The van der Waals surface area contributed by atoms with Gasteiger partial charge in [-0.2, -0.15) is 0 Å². The first-order valence-electron chi connectivity index (χ1n) is 6.00. The van der Waals surface area contributed by atoms with Gasteiger partial charge in [-0.3, -0.25) is 0 Å². The van der Waals surface area contributed by atoms with Crippen molar-refractivity contribution >= 4 is 43.2 Å². The van der Waals surface area contributed by atoms with E-state index in [-0.39, 0.29) is 10.1 Å². The van der Waals surface area contributed by atoms with Crippen LogP contribution in [0.15, 0.2) is 33.8 Å². The monoisotopic (exact) mass is 341 g/mol. The molecule has 0 saturated heterocycles. The molecule has 7 nitrogen and oxygen atoms in total. The van der Waals surface area contributed by atoms with Gasteiger partial charge in [-0.15, -0.1) is 16.4 Å². The molecule has 0 unspecified atom stereocenters. The van der Waals surface area contributed by atoms with E-state index in [1.54, 1.807) is 7.05 Å². The molecule has 110 valence electrons. The smallest absolute Gasteiger partial charge is 0.210 e. The van der Waals surface area contributed by atoms with Crippen LogP contribution in [-0.2, 0) is 16.9 Å². The van der Waals surface area contributed by atoms with Crippen molar-refractivity contribution in [3.8, 4) is 0 Å². The number of para-hydroxylation sites is 1. The predicted molar refractivity (Wildman–Crippen MR) is 81.2 cm³/mol. The van der Waals surface area contributed by atoms with Gasteiger partial charge in [-0.05, 0) is 22.6 Å². The lowest BCUT2D eigenvalue weighted by molar-refractivity contribution is 0.597. The summed E-state index contributed by atoms with van der Waals surface area (Å²) >= 11 is 2.51. The van der Waals surface area contributed by atoms with Crippen LogP contribution in [0.3, 0.4) is 0 Å². The molecule has 2 aromatic heterocycles. The minimum atomic E-state index is -3.38. The second-order valence-corrected chi connectivity index (χ2v) is 8.58. The highest BCUT2D eigenvalue weighted by Crippen LogP contribution is 2.26. The van der Waals surface area contributed by atoms with Gasteiger partial charge in [-0.25, -0.2) is 18.1 Å². The molecule has 3 rings (SSSR count). The summed E-state index contributed by atoms with van der Waals surface area (Å²) in [5.41, 5.74) is 0.714. The van der Waals surface area contributed by atoms with Crippen LogP contribution in [0.4, 0.5) is 0 Å². The van der Waals surface area contributed by atoms with Gasteiger partial charge >= 0.3 is 0 Å². The van der Waals surface area contributed by atoms with E-state index in [4.69, 9.17) is 0 Å². The van der Waals surface area contributed by atoms with Crippen LogP contribution >= 0.6 is 23.1 Å². The quantitative estimate of drug-likeness (QED) is 0.648. The summed E-state index contributed by atoms with van der Waals surface area (Å²) in [6, 6.07) is 7.39. The zero-order valence-electron chi connectivity index (χ0n) is 11.0. The maximum absolute atomic E-state index is 12.3. The molecule has 0 aliphatic carbocycles. The van der Waals surface area contributed by atoms with Crippen molar-refractivity contribution in [2.24, 2.45) is 7.05 Å². The minimum Gasteiger partial charge on any atom is -0.225 e. The Labute approximate surface area is 129 Å². The van der Waals surface area contributed by atoms with Gasteiger partial charge in [0.05, 0.1) is 16.0 Å². The molecular weight excluding hydrogens is 330 g/mol. The first-order valence-corrected chi connectivity index (χ1v) is 9.45. The van der Waals surface area contributed by atoms with Crippen molar-refractivity contribution in [1.29, 1.82) is 0 Å². The largest absolute Gasteiger partial charge is 0.225 e. The Morgan fingerprint density at radius 2 is 2.14 bits per heavy atom. The van der Waals surface area contributed by atoms with Crippen LogP contribution in [0.5, 0.6) is 0 Å². The lowest BCUT2D eigenvalue weighted by atomic mass is 10.3. The summed E-state index contributed by atoms with van der Waals surface area (Å²) in [5, 5.41) is 11.6. The van der Waals surface area contributed by atoms with Gasteiger partial charge < -0.3 is 0 Å². The molecule has 0 N–H and O–H groups in total. The van der Waals surface area contributed by atoms with Crippen LogP contribution < -0.4 is 0 Å². The second kappa shape index (κ2) is 5.70. The van der Waals surface area contributed by atoms with E-state index in [9.17, 15) is 8.42 Å². The number of thioether (sulfide) groups is 1. The molecular formula is C11H11N5O2S3. The zero-order valence-corrected chi connectivity index (χ0v) is 13.5. The summed E-state index contributed by atoms with van der Waals surface area (Å²) < 4.78 is 27.1. The van der Waals surface area contributed by atoms with Crippen LogP contribution in [0.25, 0.3) is 10.2 Å². The van der Waals surface area contributed by atoms with Gasteiger partial charge in [0, 0.05) is 12.8 Å². The molecule has 0 fully saturated rings. The van der Waals surface area contributed by atoms with Crippen molar-refractivity contribution in [2.75, 3.05) is 11.5 Å². The highest BCUT2D eigenvalue weighted by Gasteiger charge is 2.20. The fourth-order valence-corrected chi connectivity index (χ4v) is 5.51. The summed E-state index contributed by atoms with van der Waals surface area (Å²) in [6.07, 6.45) is 0. The molecule has 0 aliphatic rings.